The highest BCUT2D eigenvalue weighted by Gasteiger charge is 2.00. The molecule has 0 atom stereocenters. The smallest absolute Gasteiger partial charge is 0.0998 e. The zero-order valence-electron chi connectivity index (χ0n) is 8.97. The van der Waals surface area contributed by atoms with Crippen LogP contribution in [0.3, 0.4) is 0 Å². The highest BCUT2D eigenvalue weighted by Crippen LogP contribution is 2.18. The van der Waals surface area contributed by atoms with Crippen molar-refractivity contribution in [2.45, 2.75) is 0 Å². The van der Waals surface area contributed by atoms with Gasteiger partial charge in [-0.05, 0) is 29.8 Å². The number of hydrogen-bond donors (Lipinski definition) is 0. The number of hydrogen-bond acceptors (Lipinski definition) is 2. The molecule has 17 heavy (non-hydrogen) atoms. The van der Waals surface area contributed by atoms with E-state index in [0.29, 0.717) is 10.6 Å². The van der Waals surface area contributed by atoms with Crippen LogP contribution in [-0.2, 0) is 0 Å². The van der Waals surface area contributed by atoms with Crippen molar-refractivity contribution in [3.8, 4) is 6.07 Å². The van der Waals surface area contributed by atoms with Gasteiger partial charge in [-0.2, -0.15) is 5.26 Å². The third-order valence-electron chi connectivity index (χ3n) is 2.27. The molecular formula is C14H9ClN2. The fourth-order valence-electron chi connectivity index (χ4n) is 1.43. The third-order valence-corrected chi connectivity index (χ3v) is 2.53. The number of rotatable bonds is 2. The summed E-state index contributed by atoms with van der Waals surface area (Å²) in [6.07, 6.45) is 5.17. The average molecular weight is 241 g/mol. The van der Waals surface area contributed by atoms with Crippen LogP contribution in [-0.4, -0.2) is 4.98 Å². The topological polar surface area (TPSA) is 36.7 Å². The van der Waals surface area contributed by atoms with Crippen LogP contribution < -0.4 is 0 Å². The number of benzene rings is 1. The number of allylic oxidation sites excluding steroid dienone is 1. The number of aromatic nitrogens is 1. The molecule has 0 saturated heterocycles. The van der Waals surface area contributed by atoms with Crippen LogP contribution in [0.5, 0.6) is 0 Å². The van der Waals surface area contributed by atoms with Crippen molar-refractivity contribution >= 4 is 23.3 Å². The molecule has 1 heterocycles. The molecule has 0 N–H and O–H groups in total. The highest BCUT2D eigenvalue weighted by atomic mass is 35.5. The first-order valence-electron chi connectivity index (χ1n) is 5.07. The normalized spacial score (nSPS) is 10.9. The first kappa shape index (κ1) is 11.4. The van der Waals surface area contributed by atoms with Gasteiger partial charge in [0.15, 0.2) is 0 Å². The van der Waals surface area contributed by atoms with Gasteiger partial charge in [0.25, 0.3) is 0 Å². The first-order chi connectivity index (χ1) is 8.29. The van der Waals surface area contributed by atoms with E-state index in [1.54, 1.807) is 24.5 Å². The van der Waals surface area contributed by atoms with E-state index in [4.69, 9.17) is 16.9 Å². The SMILES string of the molecule is N#C/C(=C\c1ccc(Cl)cc1)c1cccnc1. The summed E-state index contributed by atoms with van der Waals surface area (Å²) in [6, 6.07) is 13.2. The van der Waals surface area contributed by atoms with Gasteiger partial charge in [-0.3, -0.25) is 4.98 Å². The van der Waals surface area contributed by atoms with Gasteiger partial charge in [-0.25, -0.2) is 0 Å². The lowest BCUT2D eigenvalue weighted by Gasteiger charge is -1.98. The molecule has 2 nitrogen and oxygen atoms in total. The van der Waals surface area contributed by atoms with Crippen molar-refractivity contribution in [1.82, 2.24) is 4.98 Å². The van der Waals surface area contributed by atoms with Crippen molar-refractivity contribution < 1.29 is 0 Å². The van der Waals surface area contributed by atoms with Gasteiger partial charge in [0.2, 0.25) is 0 Å². The van der Waals surface area contributed by atoms with Crippen LogP contribution in [0.15, 0.2) is 48.8 Å². The van der Waals surface area contributed by atoms with Crippen molar-refractivity contribution in [1.29, 1.82) is 5.26 Å². The second-order valence-corrected chi connectivity index (χ2v) is 3.90. The predicted octanol–water partition coefficient (Wildman–Crippen LogP) is 3.80. The Hall–Kier alpha value is -2.11. The first-order valence-corrected chi connectivity index (χ1v) is 5.45. The summed E-state index contributed by atoms with van der Waals surface area (Å²) in [5.41, 5.74) is 2.33. The Morgan fingerprint density at radius 2 is 2.00 bits per heavy atom. The highest BCUT2D eigenvalue weighted by molar-refractivity contribution is 6.30. The minimum Gasteiger partial charge on any atom is -0.264 e. The Bertz CT molecular complexity index is 565. The molecule has 1 aromatic heterocycles. The van der Waals surface area contributed by atoms with Gasteiger partial charge in [0.05, 0.1) is 11.6 Å². The van der Waals surface area contributed by atoms with E-state index >= 15 is 0 Å². The zero-order valence-corrected chi connectivity index (χ0v) is 9.72. The molecule has 0 bridgehead atoms. The molecule has 0 aliphatic heterocycles. The van der Waals surface area contributed by atoms with E-state index in [1.807, 2.05) is 30.3 Å². The Balaban J connectivity index is 2.37. The Morgan fingerprint density at radius 3 is 2.59 bits per heavy atom. The van der Waals surface area contributed by atoms with E-state index in [9.17, 15) is 0 Å². The van der Waals surface area contributed by atoms with Crippen LogP contribution >= 0.6 is 11.6 Å². The van der Waals surface area contributed by atoms with Gasteiger partial charge in [0, 0.05) is 23.0 Å². The van der Waals surface area contributed by atoms with Gasteiger partial charge in [-0.1, -0.05) is 29.8 Å². The van der Waals surface area contributed by atoms with Crippen molar-refractivity contribution in [2.75, 3.05) is 0 Å². The van der Waals surface area contributed by atoms with E-state index < -0.39 is 0 Å². The molecule has 2 rings (SSSR count). The van der Waals surface area contributed by atoms with Crippen LogP contribution in [0.25, 0.3) is 11.6 Å². The lowest BCUT2D eigenvalue weighted by atomic mass is 10.1. The fraction of sp³-hybridized carbons (Fsp3) is 0. The quantitative estimate of drug-likeness (QED) is 0.749. The largest absolute Gasteiger partial charge is 0.264 e. The molecule has 0 aliphatic rings. The maximum Gasteiger partial charge on any atom is 0.0998 e. The second-order valence-electron chi connectivity index (χ2n) is 3.46. The molecule has 2 aromatic rings. The number of halogens is 1. The van der Waals surface area contributed by atoms with Crippen LogP contribution in [0.1, 0.15) is 11.1 Å². The van der Waals surface area contributed by atoms with E-state index in [2.05, 4.69) is 11.1 Å². The third kappa shape index (κ3) is 2.93. The molecular weight excluding hydrogens is 232 g/mol. The maximum absolute atomic E-state index is 9.12. The lowest BCUT2D eigenvalue weighted by molar-refractivity contribution is 1.31. The van der Waals surface area contributed by atoms with Crippen molar-refractivity contribution in [2.24, 2.45) is 0 Å². The van der Waals surface area contributed by atoms with E-state index in [1.165, 1.54) is 0 Å². The fourth-order valence-corrected chi connectivity index (χ4v) is 1.55. The number of nitriles is 1. The predicted molar refractivity (Wildman–Crippen MR) is 69.2 cm³/mol. The molecule has 0 unspecified atom stereocenters. The Kier molecular flexibility index (Phi) is 3.54. The molecule has 0 saturated carbocycles. The standard InChI is InChI=1S/C14H9ClN2/c15-14-5-3-11(4-6-14)8-13(9-16)12-2-1-7-17-10-12/h1-8,10H/b13-8+. The van der Waals surface area contributed by atoms with E-state index in [-0.39, 0.29) is 0 Å². The second kappa shape index (κ2) is 5.29. The van der Waals surface area contributed by atoms with Crippen LogP contribution in [0.2, 0.25) is 5.02 Å². The maximum atomic E-state index is 9.12. The molecule has 82 valence electrons. The van der Waals surface area contributed by atoms with Gasteiger partial charge in [-0.15, -0.1) is 0 Å². The Morgan fingerprint density at radius 1 is 1.24 bits per heavy atom. The molecule has 0 aliphatic carbocycles. The molecule has 1 aromatic carbocycles. The summed E-state index contributed by atoms with van der Waals surface area (Å²) in [4.78, 5) is 4.00. The average Bonchev–Trinajstić information content (AvgIpc) is 2.39. The van der Waals surface area contributed by atoms with Gasteiger partial charge in [0.1, 0.15) is 0 Å². The minimum atomic E-state index is 0.584. The van der Waals surface area contributed by atoms with Gasteiger partial charge >= 0.3 is 0 Å². The summed E-state index contributed by atoms with van der Waals surface area (Å²) < 4.78 is 0. The summed E-state index contributed by atoms with van der Waals surface area (Å²) in [7, 11) is 0. The molecule has 0 fully saturated rings. The van der Waals surface area contributed by atoms with E-state index in [0.717, 1.165) is 11.1 Å². The summed E-state index contributed by atoms with van der Waals surface area (Å²) >= 11 is 5.80. The number of pyridine rings is 1. The minimum absolute atomic E-state index is 0.584. The van der Waals surface area contributed by atoms with Gasteiger partial charge < -0.3 is 0 Å². The van der Waals surface area contributed by atoms with Crippen molar-refractivity contribution in [3.63, 3.8) is 0 Å². The lowest BCUT2D eigenvalue weighted by Crippen LogP contribution is -1.83. The summed E-state index contributed by atoms with van der Waals surface area (Å²) in [5, 5.41) is 9.81. The van der Waals surface area contributed by atoms with Crippen molar-refractivity contribution in [3.05, 3.63) is 64.9 Å². The summed E-state index contributed by atoms with van der Waals surface area (Å²) in [5.74, 6) is 0. The summed E-state index contributed by atoms with van der Waals surface area (Å²) in [6.45, 7) is 0. The molecule has 3 heteroatoms. The molecule has 0 spiro atoms. The Labute approximate surface area is 105 Å². The van der Waals surface area contributed by atoms with Crippen LogP contribution in [0, 0.1) is 11.3 Å². The van der Waals surface area contributed by atoms with Crippen LogP contribution in [0.4, 0.5) is 0 Å². The zero-order chi connectivity index (χ0) is 12.1. The molecule has 0 amide bonds. The molecule has 0 radical (unpaired) electrons. The number of nitrogens with zero attached hydrogens (tertiary/aromatic N) is 2. The monoisotopic (exact) mass is 240 g/mol.